The molecule has 9 heavy (non-hydrogen) atoms. The zero-order valence-electron chi connectivity index (χ0n) is 5.21. The molecule has 0 aromatic rings. The van der Waals surface area contributed by atoms with Gasteiger partial charge in [0, 0.05) is 12.6 Å². The summed E-state index contributed by atoms with van der Waals surface area (Å²) in [7, 11) is 0. The van der Waals surface area contributed by atoms with Crippen LogP contribution in [0, 0.1) is 0 Å². The Balaban J connectivity index is 1.95. The molecule has 0 radical (unpaired) electrons. The fourth-order valence-corrected chi connectivity index (χ4v) is 1.20. The van der Waals surface area contributed by atoms with Gasteiger partial charge in [-0.05, 0) is 12.8 Å². The molecular formula is C6H10N2O. The monoisotopic (exact) mass is 126 g/mol. The van der Waals surface area contributed by atoms with Gasteiger partial charge in [-0.2, -0.15) is 0 Å². The van der Waals surface area contributed by atoms with Crippen molar-refractivity contribution in [3.05, 3.63) is 0 Å². The highest BCUT2D eigenvalue weighted by Crippen LogP contribution is 2.30. The van der Waals surface area contributed by atoms with E-state index < -0.39 is 0 Å². The van der Waals surface area contributed by atoms with Gasteiger partial charge in [0.25, 0.3) is 0 Å². The van der Waals surface area contributed by atoms with Crippen LogP contribution in [-0.2, 0) is 4.79 Å². The van der Waals surface area contributed by atoms with E-state index in [-0.39, 0.29) is 11.9 Å². The molecule has 0 aromatic carbocycles. The number of nitrogens with two attached hydrogens (primary N) is 1. The first-order chi connectivity index (χ1) is 4.29. The van der Waals surface area contributed by atoms with Crippen molar-refractivity contribution in [3.63, 3.8) is 0 Å². The van der Waals surface area contributed by atoms with Crippen molar-refractivity contribution in [1.29, 1.82) is 0 Å². The van der Waals surface area contributed by atoms with Crippen LogP contribution in [0.4, 0.5) is 0 Å². The summed E-state index contributed by atoms with van der Waals surface area (Å²) in [5.41, 5.74) is 5.39. The summed E-state index contributed by atoms with van der Waals surface area (Å²) in [6, 6.07) is 0.392. The molecule has 1 unspecified atom stereocenters. The van der Waals surface area contributed by atoms with Crippen molar-refractivity contribution in [2.24, 2.45) is 5.73 Å². The molecule has 0 spiro atoms. The van der Waals surface area contributed by atoms with E-state index in [0.717, 1.165) is 6.54 Å². The predicted molar refractivity (Wildman–Crippen MR) is 32.7 cm³/mol. The Labute approximate surface area is 53.8 Å². The van der Waals surface area contributed by atoms with E-state index >= 15 is 0 Å². The molecule has 1 saturated heterocycles. The van der Waals surface area contributed by atoms with Crippen molar-refractivity contribution in [3.8, 4) is 0 Å². The van der Waals surface area contributed by atoms with Crippen molar-refractivity contribution in [2.75, 3.05) is 6.54 Å². The lowest BCUT2D eigenvalue weighted by molar-refractivity contribution is -0.143. The summed E-state index contributed by atoms with van der Waals surface area (Å²) in [6.07, 6.45) is 2.39. The van der Waals surface area contributed by atoms with Crippen LogP contribution in [-0.4, -0.2) is 29.4 Å². The first-order valence-corrected chi connectivity index (χ1v) is 3.35. The molecular weight excluding hydrogens is 116 g/mol. The van der Waals surface area contributed by atoms with E-state index in [1.807, 2.05) is 4.90 Å². The highest BCUT2D eigenvalue weighted by Gasteiger charge is 2.42. The lowest BCUT2D eigenvalue weighted by Gasteiger charge is -2.36. The maximum Gasteiger partial charge on any atom is 0.241 e. The zero-order valence-corrected chi connectivity index (χ0v) is 5.21. The molecule has 2 rings (SSSR count). The van der Waals surface area contributed by atoms with Crippen LogP contribution in [0.15, 0.2) is 0 Å². The number of hydrogen-bond acceptors (Lipinski definition) is 2. The predicted octanol–water partition coefficient (Wildman–Crippen LogP) is -0.682. The number of nitrogens with zero attached hydrogens (tertiary/aromatic N) is 1. The van der Waals surface area contributed by atoms with Gasteiger partial charge < -0.3 is 10.6 Å². The molecule has 0 aromatic heterocycles. The molecule has 3 heteroatoms. The van der Waals surface area contributed by atoms with E-state index in [4.69, 9.17) is 5.73 Å². The maximum atomic E-state index is 10.8. The third-order valence-corrected chi connectivity index (χ3v) is 1.98. The van der Waals surface area contributed by atoms with Crippen molar-refractivity contribution < 1.29 is 4.79 Å². The number of amides is 1. The standard InChI is InChI=1S/C6H10N2O/c7-5-3-8(6(5)9)4-1-2-4/h4-5H,1-3,7H2. The summed E-state index contributed by atoms with van der Waals surface area (Å²) in [5.74, 6) is 0.150. The van der Waals surface area contributed by atoms with Crippen LogP contribution < -0.4 is 5.73 Å². The SMILES string of the molecule is NC1CN(C2CC2)C1=O. The number of rotatable bonds is 1. The molecule has 2 N–H and O–H groups in total. The summed E-state index contributed by atoms with van der Waals surface area (Å²) in [5, 5.41) is 0. The Morgan fingerprint density at radius 3 is 2.56 bits per heavy atom. The molecule has 2 aliphatic rings. The minimum Gasteiger partial charge on any atom is -0.336 e. The summed E-state index contributed by atoms with van der Waals surface area (Å²) >= 11 is 0. The van der Waals surface area contributed by atoms with Crippen molar-refractivity contribution in [1.82, 2.24) is 4.90 Å². The lowest BCUT2D eigenvalue weighted by Crippen LogP contribution is -2.61. The first-order valence-electron chi connectivity index (χ1n) is 3.35. The molecule has 2 fully saturated rings. The third kappa shape index (κ3) is 0.645. The Bertz CT molecular complexity index is 153. The molecule has 50 valence electrons. The molecule has 1 amide bonds. The highest BCUT2D eigenvalue weighted by molar-refractivity contribution is 5.88. The Morgan fingerprint density at radius 1 is 1.56 bits per heavy atom. The number of hydrogen-bond donors (Lipinski definition) is 1. The van der Waals surface area contributed by atoms with Crippen molar-refractivity contribution in [2.45, 2.75) is 24.9 Å². The molecule has 1 aliphatic heterocycles. The van der Waals surface area contributed by atoms with Gasteiger partial charge in [0.15, 0.2) is 0 Å². The first kappa shape index (κ1) is 5.23. The average molecular weight is 126 g/mol. The van der Waals surface area contributed by atoms with E-state index in [1.54, 1.807) is 0 Å². The quantitative estimate of drug-likeness (QED) is 0.473. The fraction of sp³-hybridized carbons (Fsp3) is 0.833. The van der Waals surface area contributed by atoms with Crippen molar-refractivity contribution >= 4 is 5.91 Å². The van der Waals surface area contributed by atoms with E-state index in [2.05, 4.69) is 0 Å². The van der Waals surface area contributed by atoms with Gasteiger partial charge in [0.05, 0.1) is 0 Å². The Kier molecular flexibility index (Phi) is 0.858. The number of likely N-dealkylation sites (tertiary alicyclic amines) is 1. The fourth-order valence-electron chi connectivity index (χ4n) is 1.20. The van der Waals surface area contributed by atoms with Gasteiger partial charge in [-0.3, -0.25) is 4.79 Å². The third-order valence-electron chi connectivity index (χ3n) is 1.98. The molecule has 1 saturated carbocycles. The molecule has 0 bridgehead atoms. The number of carbonyl (C=O) groups excluding carboxylic acids is 1. The Hall–Kier alpha value is -0.570. The number of carbonyl (C=O) groups is 1. The van der Waals surface area contributed by atoms with Gasteiger partial charge in [-0.25, -0.2) is 0 Å². The van der Waals surface area contributed by atoms with Gasteiger partial charge in [0.2, 0.25) is 5.91 Å². The van der Waals surface area contributed by atoms with Gasteiger partial charge in [-0.1, -0.05) is 0 Å². The molecule has 1 atom stereocenters. The second-order valence-corrected chi connectivity index (χ2v) is 2.83. The minimum atomic E-state index is -0.175. The van der Waals surface area contributed by atoms with Crippen LogP contribution in [0.5, 0.6) is 0 Å². The van der Waals surface area contributed by atoms with E-state index in [0.29, 0.717) is 6.04 Å². The van der Waals surface area contributed by atoms with Crippen LogP contribution >= 0.6 is 0 Å². The van der Waals surface area contributed by atoms with Gasteiger partial charge in [-0.15, -0.1) is 0 Å². The molecule has 1 aliphatic carbocycles. The normalized spacial score (nSPS) is 34.6. The van der Waals surface area contributed by atoms with Gasteiger partial charge >= 0.3 is 0 Å². The summed E-state index contributed by atoms with van der Waals surface area (Å²) < 4.78 is 0. The average Bonchev–Trinajstić information content (AvgIpc) is 2.63. The second-order valence-electron chi connectivity index (χ2n) is 2.83. The summed E-state index contributed by atoms with van der Waals surface area (Å²) in [4.78, 5) is 12.7. The molecule has 3 nitrogen and oxygen atoms in total. The zero-order chi connectivity index (χ0) is 6.43. The van der Waals surface area contributed by atoms with Crippen LogP contribution in [0.3, 0.4) is 0 Å². The summed E-state index contributed by atoms with van der Waals surface area (Å²) in [6.45, 7) is 0.795. The van der Waals surface area contributed by atoms with E-state index in [9.17, 15) is 4.79 Å². The Morgan fingerprint density at radius 2 is 2.22 bits per heavy atom. The minimum absolute atomic E-state index is 0.150. The topological polar surface area (TPSA) is 46.3 Å². The van der Waals surface area contributed by atoms with Crippen LogP contribution in [0.25, 0.3) is 0 Å². The number of β-lactam (4-membered cyclic amide) rings is 1. The highest BCUT2D eigenvalue weighted by atomic mass is 16.2. The molecule has 1 heterocycles. The lowest BCUT2D eigenvalue weighted by atomic mass is 10.1. The second kappa shape index (κ2) is 1.48. The smallest absolute Gasteiger partial charge is 0.241 e. The van der Waals surface area contributed by atoms with E-state index in [1.165, 1.54) is 12.8 Å². The van der Waals surface area contributed by atoms with Gasteiger partial charge in [0.1, 0.15) is 6.04 Å². The van der Waals surface area contributed by atoms with Crippen LogP contribution in [0.2, 0.25) is 0 Å². The largest absolute Gasteiger partial charge is 0.336 e. The maximum absolute atomic E-state index is 10.8. The van der Waals surface area contributed by atoms with Crippen LogP contribution in [0.1, 0.15) is 12.8 Å².